The second-order valence-corrected chi connectivity index (χ2v) is 6.29. The highest BCUT2D eigenvalue weighted by atomic mass is 35.5. The van der Waals surface area contributed by atoms with Gasteiger partial charge >= 0.3 is 5.97 Å². The molecule has 0 aliphatic carbocycles. The first kappa shape index (κ1) is 18.4. The maximum absolute atomic E-state index is 12.0. The normalized spacial score (nSPS) is 15.2. The van der Waals surface area contributed by atoms with Crippen LogP contribution in [0.25, 0.3) is 0 Å². The molecule has 136 valence electrons. The monoisotopic (exact) mass is 395 g/mol. The quantitative estimate of drug-likeness (QED) is 0.787. The smallest absolute Gasteiger partial charge is 0.341 e. The summed E-state index contributed by atoms with van der Waals surface area (Å²) in [5.41, 5.74) is 0.0317. The van der Waals surface area contributed by atoms with E-state index in [4.69, 9.17) is 37.4 Å². The minimum atomic E-state index is -0.762. The molecule has 1 aliphatic rings. The largest absolute Gasteiger partial charge is 0.486 e. The maximum Gasteiger partial charge on any atom is 0.341 e. The molecule has 2 aromatic rings. The zero-order chi connectivity index (χ0) is 18.5. The van der Waals surface area contributed by atoms with Crippen molar-refractivity contribution in [2.24, 2.45) is 0 Å². The van der Waals surface area contributed by atoms with E-state index in [9.17, 15) is 9.59 Å². The van der Waals surface area contributed by atoms with Gasteiger partial charge in [0.2, 0.25) is 0 Å². The van der Waals surface area contributed by atoms with Crippen LogP contribution in [0.2, 0.25) is 10.0 Å². The van der Waals surface area contributed by atoms with Crippen molar-refractivity contribution in [1.29, 1.82) is 0 Å². The Labute approximate surface area is 159 Å². The van der Waals surface area contributed by atoms with E-state index in [-0.39, 0.29) is 28.3 Å². The van der Waals surface area contributed by atoms with Gasteiger partial charge in [-0.2, -0.15) is 0 Å². The number of esters is 1. The third-order valence-corrected chi connectivity index (χ3v) is 4.23. The van der Waals surface area contributed by atoms with Gasteiger partial charge in [-0.3, -0.25) is 4.79 Å². The molecule has 0 bridgehead atoms. The molecule has 3 rings (SSSR count). The van der Waals surface area contributed by atoms with Crippen LogP contribution in [0.1, 0.15) is 10.4 Å². The Morgan fingerprint density at radius 2 is 1.77 bits per heavy atom. The third kappa shape index (κ3) is 4.39. The lowest BCUT2D eigenvalue weighted by molar-refractivity contribution is -0.124. The number of para-hydroxylation sites is 2. The van der Waals surface area contributed by atoms with E-state index in [0.717, 1.165) is 0 Å². The number of carbonyl (C=O) groups is 2. The van der Waals surface area contributed by atoms with E-state index in [0.29, 0.717) is 18.1 Å². The molecule has 1 heterocycles. The van der Waals surface area contributed by atoms with Crippen molar-refractivity contribution in [3.05, 3.63) is 58.1 Å². The molecule has 0 aromatic heterocycles. The molecule has 0 saturated carbocycles. The van der Waals surface area contributed by atoms with Gasteiger partial charge in [-0.1, -0.05) is 41.4 Å². The first-order chi connectivity index (χ1) is 12.5. The Morgan fingerprint density at radius 1 is 1.08 bits per heavy atom. The predicted octanol–water partition coefficient (Wildman–Crippen LogP) is 3.11. The topological polar surface area (TPSA) is 73.9 Å². The molecule has 0 radical (unpaired) electrons. The first-order valence-corrected chi connectivity index (χ1v) is 8.56. The summed E-state index contributed by atoms with van der Waals surface area (Å²) in [6.45, 7) is 0.0778. The van der Waals surface area contributed by atoms with Gasteiger partial charge in [0.1, 0.15) is 12.7 Å². The van der Waals surface area contributed by atoms with E-state index < -0.39 is 18.5 Å². The lowest BCUT2D eigenvalue weighted by Crippen LogP contribution is -2.42. The van der Waals surface area contributed by atoms with E-state index >= 15 is 0 Å². The molecule has 1 amide bonds. The summed E-state index contributed by atoms with van der Waals surface area (Å²) in [6.07, 6.45) is -0.331. The second kappa shape index (κ2) is 8.29. The number of carbonyl (C=O) groups excluding carboxylic acids is 2. The molecule has 26 heavy (non-hydrogen) atoms. The Balaban J connectivity index is 1.46. The van der Waals surface area contributed by atoms with Crippen molar-refractivity contribution < 1.29 is 23.8 Å². The first-order valence-electron chi connectivity index (χ1n) is 7.81. The van der Waals surface area contributed by atoms with Crippen LogP contribution in [0, 0.1) is 0 Å². The van der Waals surface area contributed by atoms with Gasteiger partial charge in [-0.05, 0) is 24.3 Å². The molecule has 0 fully saturated rings. The number of benzene rings is 2. The number of ether oxygens (including phenoxy) is 3. The predicted molar refractivity (Wildman–Crippen MR) is 96.1 cm³/mol. The van der Waals surface area contributed by atoms with Crippen molar-refractivity contribution in [2.45, 2.75) is 6.10 Å². The van der Waals surface area contributed by atoms with Crippen LogP contribution in [0.4, 0.5) is 0 Å². The molecular formula is C18H15Cl2NO5. The van der Waals surface area contributed by atoms with Gasteiger partial charge in [0.25, 0.3) is 5.91 Å². The number of amides is 1. The summed E-state index contributed by atoms with van der Waals surface area (Å²) in [5, 5.41) is 2.95. The van der Waals surface area contributed by atoms with Gasteiger partial charge < -0.3 is 19.5 Å². The van der Waals surface area contributed by atoms with Gasteiger partial charge in [-0.25, -0.2) is 4.79 Å². The number of nitrogens with one attached hydrogen (secondary N) is 1. The van der Waals surface area contributed by atoms with Crippen LogP contribution in [0.3, 0.4) is 0 Å². The van der Waals surface area contributed by atoms with Crippen molar-refractivity contribution in [3.8, 4) is 11.5 Å². The summed E-state index contributed by atoms with van der Waals surface area (Å²) in [4.78, 5) is 23.9. The SMILES string of the molecule is O=C(COC(=O)c1c(Cl)cccc1Cl)NCC1COc2ccccc2O1. The fourth-order valence-electron chi connectivity index (χ4n) is 2.34. The Kier molecular flexibility index (Phi) is 5.85. The van der Waals surface area contributed by atoms with E-state index in [1.54, 1.807) is 12.1 Å². The molecule has 1 unspecified atom stereocenters. The molecule has 1 aliphatic heterocycles. The zero-order valence-corrected chi connectivity index (χ0v) is 15.0. The summed E-state index contributed by atoms with van der Waals surface area (Å²) in [5.74, 6) is 0.0596. The standard InChI is InChI=1S/C18H15Cl2NO5/c19-12-4-3-5-13(20)17(12)18(23)25-10-16(22)21-8-11-9-24-14-6-1-2-7-15(14)26-11/h1-7,11H,8-10H2,(H,21,22). The number of hydrogen-bond donors (Lipinski definition) is 1. The highest BCUT2D eigenvalue weighted by molar-refractivity contribution is 6.39. The van der Waals surface area contributed by atoms with Crippen LogP contribution in [-0.2, 0) is 9.53 Å². The van der Waals surface area contributed by atoms with Gasteiger partial charge in [0.05, 0.1) is 22.2 Å². The van der Waals surface area contributed by atoms with Crippen molar-refractivity contribution in [3.63, 3.8) is 0 Å². The average molecular weight is 396 g/mol. The summed E-state index contributed by atoms with van der Waals surface area (Å²) >= 11 is 11.9. The van der Waals surface area contributed by atoms with Crippen molar-refractivity contribution in [2.75, 3.05) is 19.8 Å². The van der Waals surface area contributed by atoms with Crippen molar-refractivity contribution >= 4 is 35.1 Å². The minimum Gasteiger partial charge on any atom is -0.486 e. The summed E-state index contributed by atoms with van der Waals surface area (Å²) < 4.78 is 16.2. The molecule has 2 aromatic carbocycles. The zero-order valence-electron chi connectivity index (χ0n) is 13.5. The third-order valence-electron chi connectivity index (χ3n) is 3.60. The molecule has 1 N–H and O–H groups in total. The maximum atomic E-state index is 12.0. The van der Waals surface area contributed by atoms with Gasteiger partial charge in [0, 0.05) is 0 Å². The Hall–Kier alpha value is -2.44. The van der Waals surface area contributed by atoms with Gasteiger partial charge in [0.15, 0.2) is 18.1 Å². The van der Waals surface area contributed by atoms with Crippen LogP contribution in [-0.4, -0.2) is 37.7 Å². The summed E-state index contributed by atoms with van der Waals surface area (Å²) in [7, 11) is 0. The van der Waals surface area contributed by atoms with Crippen LogP contribution >= 0.6 is 23.2 Å². The minimum absolute atomic E-state index is 0.0317. The fraction of sp³-hybridized carbons (Fsp3) is 0.222. The molecule has 6 nitrogen and oxygen atoms in total. The fourth-order valence-corrected chi connectivity index (χ4v) is 2.89. The molecule has 0 spiro atoms. The molecule has 8 heteroatoms. The second-order valence-electron chi connectivity index (χ2n) is 5.47. The molecule has 1 atom stereocenters. The van der Waals surface area contributed by atoms with Crippen LogP contribution in [0.15, 0.2) is 42.5 Å². The lowest BCUT2D eigenvalue weighted by Gasteiger charge is -2.26. The summed E-state index contributed by atoms with van der Waals surface area (Å²) in [6, 6.07) is 11.9. The number of halogens is 2. The van der Waals surface area contributed by atoms with Crippen LogP contribution < -0.4 is 14.8 Å². The average Bonchev–Trinajstić information content (AvgIpc) is 2.64. The van der Waals surface area contributed by atoms with Gasteiger partial charge in [-0.15, -0.1) is 0 Å². The Morgan fingerprint density at radius 3 is 2.50 bits per heavy atom. The number of rotatable bonds is 5. The molecule has 0 saturated heterocycles. The highest BCUT2D eigenvalue weighted by Crippen LogP contribution is 2.30. The van der Waals surface area contributed by atoms with E-state index in [2.05, 4.69) is 5.32 Å². The van der Waals surface area contributed by atoms with Crippen LogP contribution in [0.5, 0.6) is 11.5 Å². The van der Waals surface area contributed by atoms with E-state index in [1.165, 1.54) is 12.1 Å². The Bertz CT molecular complexity index is 807. The number of fused-ring (bicyclic) bond motifs is 1. The highest BCUT2D eigenvalue weighted by Gasteiger charge is 2.22. The molecular weight excluding hydrogens is 381 g/mol. The van der Waals surface area contributed by atoms with E-state index in [1.807, 2.05) is 18.2 Å². The lowest BCUT2D eigenvalue weighted by atomic mass is 10.2. The van der Waals surface area contributed by atoms with Crippen molar-refractivity contribution in [1.82, 2.24) is 5.32 Å². The number of hydrogen-bond acceptors (Lipinski definition) is 5.